The van der Waals surface area contributed by atoms with Crippen molar-refractivity contribution in [3.63, 3.8) is 0 Å². The Bertz CT molecular complexity index is 1170. The van der Waals surface area contributed by atoms with E-state index < -0.39 is 22.1 Å². The van der Waals surface area contributed by atoms with Crippen molar-refractivity contribution in [2.45, 2.75) is 50.0 Å². The van der Waals surface area contributed by atoms with E-state index in [1.165, 1.54) is 36.5 Å². The Kier molecular flexibility index (Phi) is 7.23. The van der Waals surface area contributed by atoms with Crippen molar-refractivity contribution in [2.75, 3.05) is 31.6 Å². The Morgan fingerprint density at radius 1 is 0.971 bits per heavy atom. The molecule has 0 bridgehead atoms. The Balaban J connectivity index is 1.54. The number of rotatable bonds is 6. The maximum absolute atomic E-state index is 13.2. The molecule has 0 saturated carbocycles. The Hall–Kier alpha value is -2.91. The highest BCUT2D eigenvalue weighted by atomic mass is 32.2. The second-order valence-electron chi connectivity index (χ2n) is 8.60. The number of nitrogens with zero attached hydrogens (tertiary/aromatic N) is 2. The van der Waals surface area contributed by atoms with Gasteiger partial charge in [0, 0.05) is 25.3 Å². The summed E-state index contributed by atoms with van der Waals surface area (Å²) in [6.07, 6.45) is 3.31. The molecule has 0 N–H and O–H groups in total. The number of methoxy groups -OCH3 is 1. The van der Waals surface area contributed by atoms with Gasteiger partial charge in [-0.1, -0.05) is 31.0 Å². The van der Waals surface area contributed by atoms with E-state index in [1.54, 1.807) is 4.90 Å². The minimum absolute atomic E-state index is 0.00889. The molecular weight excluding hydrogens is 456 g/mol. The van der Waals surface area contributed by atoms with Crippen molar-refractivity contribution in [1.82, 2.24) is 4.31 Å². The van der Waals surface area contributed by atoms with Crippen molar-refractivity contribution in [1.29, 1.82) is 0 Å². The molecule has 9 heteroatoms. The number of carbonyl (C=O) groups excluding carboxylic acids is 2. The van der Waals surface area contributed by atoms with Crippen molar-refractivity contribution in [3.05, 3.63) is 53.6 Å². The molecule has 0 aromatic heterocycles. The lowest BCUT2D eigenvalue weighted by molar-refractivity contribution is -0.126. The molecule has 1 unspecified atom stereocenters. The third-order valence-electron chi connectivity index (χ3n) is 6.38. The third kappa shape index (κ3) is 4.81. The zero-order chi connectivity index (χ0) is 24.3. The summed E-state index contributed by atoms with van der Waals surface area (Å²) >= 11 is 0. The molecule has 34 heavy (non-hydrogen) atoms. The van der Waals surface area contributed by atoms with Gasteiger partial charge in [-0.05, 0) is 56.0 Å². The fourth-order valence-electron chi connectivity index (χ4n) is 4.50. The quantitative estimate of drug-likeness (QED) is 0.581. The van der Waals surface area contributed by atoms with Gasteiger partial charge in [0.25, 0.3) is 5.91 Å². The van der Waals surface area contributed by atoms with E-state index in [0.717, 1.165) is 43.4 Å². The molecule has 2 aliphatic rings. The SMILES string of the molecule is COc1ccc(S(=O)(=O)N2CCCCCC2)cc1C(=O)OC(C)C(=O)N1CCc2ccccc21. The van der Waals surface area contributed by atoms with Crippen LogP contribution in [-0.2, 0) is 26.0 Å². The number of hydrogen-bond donors (Lipinski definition) is 0. The highest BCUT2D eigenvalue weighted by Crippen LogP contribution is 2.30. The van der Waals surface area contributed by atoms with Crippen LogP contribution >= 0.6 is 0 Å². The molecular formula is C25H30N2O6S. The number of amides is 1. The van der Waals surface area contributed by atoms with E-state index in [-0.39, 0.29) is 22.1 Å². The lowest BCUT2D eigenvalue weighted by atomic mass is 10.2. The molecule has 0 aliphatic carbocycles. The van der Waals surface area contributed by atoms with E-state index in [1.807, 2.05) is 24.3 Å². The first-order valence-corrected chi connectivity index (χ1v) is 13.1. The largest absolute Gasteiger partial charge is 0.496 e. The first-order valence-electron chi connectivity index (χ1n) is 11.6. The van der Waals surface area contributed by atoms with Crippen molar-refractivity contribution in [2.24, 2.45) is 0 Å². The van der Waals surface area contributed by atoms with Crippen LogP contribution in [0.1, 0.15) is 48.5 Å². The van der Waals surface area contributed by atoms with Crippen LogP contribution < -0.4 is 9.64 Å². The van der Waals surface area contributed by atoms with Gasteiger partial charge in [0.15, 0.2) is 6.10 Å². The van der Waals surface area contributed by atoms with Crippen molar-refractivity contribution >= 4 is 27.6 Å². The highest BCUT2D eigenvalue weighted by Gasteiger charge is 2.32. The summed E-state index contributed by atoms with van der Waals surface area (Å²) in [4.78, 5) is 27.7. The molecule has 0 spiro atoms. The van der Waals surface area contributed by atoms with Crippen LogP contribution in [0, 0.1) is 0 Å². The molecule has 1 fully saturated rings. The van der Waals surface area contributed by atoms with Gasteiger partial charge in [0.2, 0.25) is 10.0 Å². The lowest BCUT2D eigenvalue weighted by Crippen LogP contribution is -2.39. The number of benzene rings is 2. The molecule has 4 rings (SSSR count). The number of hydrogen-bond acceptors (Lipinski definition) is 6. The molecule has 8 nitrogen and oxygen atoms in total. The van der Waals surface area contributed by atoms with Crippen LogP contribution in [-0.4, -0.2) is 57.4 Å². The number of para-hydroxylation sites is 1. The Morgan fingerprint density at radius 2 is 1.68 bits per heavy atom. The van der Waals surface area contributed by atoms with Gasteiger partial charge in [-0.2, -0.15) is 4.31 Å². The molecule has 1 atom stereocenters. The highest BCUT2D eigenvalue weighted by molar-refractivity contribution is 7.89. The lowest BCUT2D eigenvalue weighted by Gasteiger charge is -2.22. The normalized spacial score (nSPS) is 17.5. The fraction of sp³-hybridized carbons (Fsp3) is 0.440. The zero-order valence-corrected chi connectivity index (χ0v) is 20.3. The summed E-state index contributed by atoms with van der Waals surface area (Å²) in [7, 11) is -2.37. The number of sulfonamides is 1. The fourth-order valence-corrected chi connectivity index (χ4v) is 6.04. The van der Waals surface area contributed by atoms with Crippen LogP contribution in [0.25, 0.3) is 0 Å². The average molecular weight is 487 g/mol. The van der Waals surface area contributed by atoms with Crippen LogP contribution in [0.2, 0.25) is 0 Å². The van der Waals surface area contributed by atoms with Crippen molar-refractivity contribution in [3.8, 4) is 5.75 Å². The number of anilines is 1. The van der Waals surface area contributed by atoms with E-state index >= 15 is 0 Å². The maximum atomic E-state index is 13.2. The van der Waals surface area contributed by atoms with Crippen molar-refractivity contribution < 1.29 is 27.5 Å². The van der Waals surface area contributed by atoms with Gasteiger partial charge in [0.05, 0.1) is 12.0 Å². The van der Waals surface area contributed by atoms with E-state index in [4.69, 9.17) is 9.47 Å². The predicted octanol–water partition coefficient (Wildman–Crippen LogP) is 3.39. The average Bonchev–Trinajstić information content (AvgIpc) is 3.07. The first-order chi connectivity index (χ1) is 16.3. The molecule has 0 radical (unpaired) electrons. The van der Waals surface area contributed by atoms with Gasteiger partial charge in [-0.15, -0.1) is 0 Å². The Morgan fingerprint density at radius 3 is 2.38 bits per heavy atom. The monoisotopic (exact) mass is 486 g/mol. The van der Waals surface area contributed by atoms with Crippen LogP contribution in [0.3, 0.4) is 0 Å². The first kappa shape index (κ1) is 24.2. The summed E-state index contributed by atoms with van der Waals surface area (Å²) in [6.45, 7) is 2.95. The summed E-state index contributed by atoms with van der Waals surface area (Å²) < 4.78 is 38.6. The van der Waals surface area contributed by atoms with E-state index in [9.17, 15) is 18.0 Å². The smallest absolute Gasteiger partial charge is 0.342 e. The predicted molar refractivity (Wildman–Crippen MR) is 128 cm³/mol. The maximum Gasteiger partial charge on any atom is 0.342 e. The van der Waals surface area contributed by atoms with Gasteiger partial charge >= 0.3 is 5.97 Å². The Labute approximate surface area is 200 Å². The number of esters is 1. The van der Waals surface area contributed by atoms with Gasteiger partial charge in [0.1, 0.15) is 11.3 Å². The number of ether oxygens (including phenoxy) is 2. The van der Waals surface area contributed by atoms with Gasteiger partial charge < -0.3 is 14.4 Å². The summed E-state index contributed by atoms with van der Waals surface area (Å²) in [5.74, 6) is -0.949. The number of fused-ring (bicyclic) bond motifs is 1. The third-order valence-corrected chi connectivity index (χ3v) is 8.27. The molecule has 2 aliphatic heterocycles. The van der Waals surface area contributed by atoms with Gasteiger partial charge in [-0.3, -0.25) is 4.79 Å². The molecule has 2 aromatic carbocycles. The van der Waals surface area contributed by atoms with Crippen LogP contribution in [0.5, 0.6) is 5.75 Å². The molecule has 2 aromatic rings. The summed E-state index contributed by atoms with van der Waals surface area (Å²) in [5, 5.41) is 0. The second-order valence-corrected chi connectivity index (χ2v) is 10.5. The van der Waals surface area contributed by atoms with Crippen LogP contribution in [0.4, 0.5) is 5.69 Å². The van der Waals surface area contributed by atoms with Crippen LogP contribution in [0.15, 0.2) is 47.4 Å². The standard InChI is InChI=1S/C25H30N2O6S/c1-18(24(28)27-16-13-19-9-5-6-10-22(19)27)33-25(29)21-17-20(11-12-23(21)32-2)34(30,31)26-14-7-3-4-8-15-26/h5-6,9-12,17-18H,3-4,7-8,13-16H2,1-2H3. The minimum Gasteiger partial charge on any atom is -0.496 e. The molecule has 182 valence electrons. The topological polar surface area (TPSA) is 93.2 Å². The molecule has 1 amide bonds. The molecule has 1 saturated heterocycles. The number of carbonyl (C=O) groups is 2. The van der Waals surface area contributed by atoms with Gasteiger partial charge in [-0.25, -0.2) is 13.2 Å². The second kappa shape index (κ2) is 10.1. The minimum atomic E-state index is -3.76. The zero-order valence-electron chi connectivity index (χ0n) is 19.5. The van der Waals surface area contributed by atoms with E-state index in [2.05, 4.69) is 0 Å². The summed E-state index contributed by atoms with van der Waals surface area (Å²) in [5.41, 5.74) is 1.86. The summed E-state index contributed by atoms with van der Waals surface area (Å²) in [6, 6.07) is 11.8. The molecule has 2 heterocycles. The van der Waals surface area contributed by atoms with E-state index in [0.29, 0.717) is 19.6 Å².